The molecule has 0 heterocycles. The number of rotatable bonds is 4. The van der Waals surface area contributed by atoms with Gasteiger partial charge in [0.05, 0.1) is 17.0 Å². The van der Waals surface area contributed by atoms with Gasteiger partial charge in [0, 0.05) is 9.13 Å². The zero-order valence-electron chi connectivity index (χ0n) is 10.8. The number of carbonyl (C=O) groups excluding carboxylic acids is 1. The lowest BCUT2D eigenvalue weighted by Crippen LogP contribution is -2.47. The highest BCUT2D eigenvalue weighted by Crippen LogP contribution is 2.33. The van der Waals surface area contributed by atoms with Gasteiger partial charge < -0.3 is 10.4 Å². The number of carbonyl (C=O) groups is 2. The van der Waals surface area contributed by atoms with Crippen LogP contribution in [0.1, 0.15) is 42.5 Å². The van der Waals surface area contributed by atoms with Crippen LogP contribution in [-0.2, 0) is 4.79 Å². The third kappa shape index (κ3) is 3.63. The van der Waals surface area contributed by atoms with Gasteiger partial charge in [0.1, 0.15) is 0 Å². The van der Waals surface area contributed by atoms with Crippen molar-refractivity contribution in [3.05, 3.63) is 32.4 Å². The van der Waals surface area contributed by atoms with Gasteiger partial charge in [-0.2, -0.15) is 0 Å². The van der Waals surface area contributed by atoms with Crippen molar-refractivity contribution in [2.75, 3.05) is 0 Å². The van der Waals surface area contributed by atoms with Crippen molar-refractivity contribution in [3.63, 3.8) is 0 Å². The summed E-state index contributed by atoms with van der Waals surface area (Å²) in [6.07, 6.45) is 3.28. The van der Waals surface area contributed by atoms with Crippen LogP contribution in [0.4, 0.5) is 0 Å². The van der Waals surface area contributed by atoms with E-state index in [-0.39, 0.29) is 12.3 Å². The van der Waals surface area contributed by atoms with Crippen LogP contribution in [0.25, 0.3) is 0 Å². The van der Waals surface area contributed by atoms with Gasteiger partial charge in [-0.05, 0) is 53.6 Å². The molecule has 2 N–H and O–H groups in total. The summed E-state index contributed by atoms with van der Waals surface area (Å²) in [5, 5.41) is 12.5. The highest BCUT2D eigenvalue weighted by atomic mass is 127. The van der Waals surface area contributed by atoms with Gasteiger partial charge in [0.15, 0.2) is 0 Å². The van der Waals surface area contributed by atoms with Gasteiger partial charge >= 0.3 is 5.97 Å². The van der Waals surface area contributed by atoms with E-state index in [1.807, 2.05) is 0 Å². The van der Waals surface area contributed by atoms with Crippen LogP contribution in [0.5, 0.6) is 0 Å². The van der Waals surface area contributed by atoms with Crippen LogP contribution in [-0.4, -0.2) is 22.5 Å². The van der Waals surface area contributed by atoms with Gasteiger partial charge in [-0.25, -0.2) is 0 Å². The summed E-state index contributed by atoms with van der Waals surface area (Å²) in [5.74, 6) is -1.14. The summed E-state index contributed by atoms with van der Waals surface area (Å²) in [6, 6.07) is 5.09. The Morgan fingerprint density at radius 3 is 2.55 bits per heavy atom. The summed E-state index contributed by atoms with van der Waals surface area (Å²) in [5.41, 5.74) is -0.148. The Balaban J connectivity index is 2.16. The second kappa shape index (κ2) is 6.30. The first-order valence-corrected chi connectivity index (χ1v) is 7.87. The first kappa shape index (κ1) is 15.6. The number of nitrogens with one attached hydrogen (secondary N) is 1. The quantitative estimate of drug-likeness (QED) is 0.751. The fourth-order valence-corrected chi connectivity index (χ4v) is 3.15. The third-order valence-corrected chi connectivity index (χ3v) is 5.18. The molecule has 108 valence electrons. The molecule has 0 unspecified atom stereocenters. The van der Waals surface area contributed by atoms with E-state index in [4.69, 9.17) is 16.7 Å². The van der Waals surface area contributed by atoms with E-state index in [2.05, 4.69) is 27.9 Å². The predicted molar refractivity (Wildman–Crippen MR) is 85.1 cm³/mol. The molecule has 1 fully saturated rings. The molecule has 1 aromatic rings. The largest absolute Gasteiger partial charge is 0.481 e. The van der Waals surface area contributed by atoms with E-state index in [0.717, 1.165) is 16.4 Å². The molecule has 0 atom stereocenters. The zero-order chi connectivity index (χ0) is 14.8. The van der Waals surface area contributed by atoms with Crippen molar-refractivity contribution in [3.8, 4) is 0 Å². The van der Waals surface area contributed by atoms with E-state index < -0.39 is 11.5 Å². The van der Waals surface area contributed by atoms with Gasteiger partial charge in [0.25, 0.3) is 5.91 Å². The monoisotopic (exact) mass is 407 g/mol. The number of benzene rings is 1. The highest BCUT2D eigenvalue weighted by molar-refractivity contribution is 14.1. The van der Waals surface area contributed by atoms with E-state index in [0.29, 0.717) is 23.4 Å². The minimum Gasteiger partial charge on any atom is -0.481 e. The number of halogens is 2. The second-order valence-corrected chi connectivity index (χ2v) is 6.71. The maximum atomic E-state index is 12.3. The number of aliphatic carboxylic acids is 1. The van der Waals surface area contributed by atoms with E-state index in [9.17, 15) is 9.59 Å². The van der Waals surface area contributed by atoms with Crippen LogP contribution < -0.4 is 5.32 Å². The standard InChI is InChI=1S/C14H15ClINO3/c15-10-7-9(3-4-11(10)16)13(20)17-14(8-12(18)19)5-1-2-6-14/h3-4,7H,1-2,5-6,8H2,(H,17,20)(H,18,19). The maximum Gasteiger partial charge on any atom is 0.305 e. The summed E-state index contributed by atoms with van der Waals surface area (Å²) in [4.78, 5) is 23.3. The molecule has 0 bridgehead atoms. The summed E-state index contributed by atoms with van der Waals surface area (Å²) in [6.45, 7) is 0. The molecule has 1 aliphatic rings. The predicted octanol–water partition coefficient (Wildman–Crippen LogP) is 3.46. The normalized spacial score (nSPS) is 16.9. The van der Waals surface area contributed by atoms with Gasteiger partial charge in [-0.1, -0.05) is 24.4 Å². The SMILES string of the molecule is O=C(O)CC1(NC(=O)c2ccc(I)c(Cl)c2)CCCC1. The van der Waals surface area contributed by atoms with Crippen LogP contribution in [0.15, 0.2) is 18.2 Å². The molecule has 0 saturated heterocycles. The van der Waals surface area contributed by atoms with E-state index >= 15 is 0 Å². The Kier molecular flexibility index (Phi) is 4.90. The van der Waals surface area contributed by atoms with Crippen molar-refractivity contribution in [1.29, 1.82) is 0 Å². The summed E-state index contributed by atoms with van der Waals surface area (Å²) >= 11 is 8.10. The Morgan fingerprint density at radius 2 is 2.00 bits per heavy atom. The van der Waals surface area contributed by atoms with Crippen LogP contribution in [0, 0.1) is 3.57 Å². The fraction of sp³-hybridized carbons (Fsp3) is 0.429. The Labute approximate surface area is 136 Å². The molecular weight excluding hydrogens is 393 g/mol. The maximum absolute atomic E-state index is 12.3. The van der Waals surface area contributed by atoms with Gasteiger partial charge in [-0.15, -0.1) is 0 Å². The number of hydrogen-bond acceptors (Lipinski definition) is 2. The second-order valence-electron chi connectivity index (χ2n) is 5.14. The van der Waals surface area contributed by atoms with Crippen molar-refractivity contribution < 1.29 is 14.7 Å². The minimum atomic E-state index is -0.882. The molecule has 0 radical (unpaired) electrons. The van der Waals surface area contributed by atoms with Crippen molar-refractivity contribution >= 4 is 46.1 Å². The summed E-state index contributed by atoms with van der Waals surface area (Å²) < 4.78 is 0.877. The lowest BCUT2D eigenvalue weighted by atomic mass is 9.92. The van der Waals surface area contributed by atoms with Crippen LogP contribution in [0.3, 0.4) is 0 Å². The molecule has 20 heavy (non-hydrogen) atoms. The zero-order valence-corrected chi connectivity index (χ0v) is 13.7. The fourth-order valence-electron chi connectivity index (χ4n) is 2.64. The van der Waals surface area contributed by atoms with Crippen molar-refractivity contribution in [2.45, 2.75) is 37.6 Å². The number of hydrogen-bond donors (Lipinski definition) is 2. The van der Waals surface area contributed by atoms with E-state index in [1.165, 1.54) is 0 Å². The van der Waals surface area contributed by atoms with Gasteiger partial charge in [-0.3, -0.25) is 9.59 Å². The molecular formula is C14H15ClINO3. The van der Waals surface area contributed by atoms with Crippen molar-refractivity contribution in [2.24, 2.45) is 0 Å². The molecule has 1 aromatic carbocycles. The lowest BCUT2D eigenvalue weighted by Gasteiger charge is -2.28. The van der Waals surface area contributed by atoms with Crippen LogP contribution >= 0.6 is 34.2 Å². The Morgan fingerprint density at radius 1 is 1.35 bits per heavy atom. The molecule has 1 aliphatic carbocycles. The molecule has 4 nitrogen and oxygen atoms in total. The average molecular weight is 408 g/mol. The number of amides is 1. The topological polar surface area (TPSA) is 66.4 Å². The van der Waals surface area contributed by atoms with E-state index in [1.54, 1.807) is 18.2 Å². The number of carboxylic acid groups (broad SMARTS) is 1. The molecule has 1 saturated carbocycles. The smallest absolute Gasteiger partial charge is 0.305 e. The Bertz CT molecular complexity index is 541. The lowest BCUT2D eigenvalue weighted by molar-refractivity contribution is -0.138. The minimum absolute atomic E-state index is 0.0309. The molecule has 2 rings (SSSR count). The third-order valence-electron chi connectivity index (χ3n) is 3.61. The Hall–Kier alpha value is -0.820. The molecule has 0 aromatic heterocycles. The number of carboxylic acids is 1. The van der Waals surface area contributed by atoms with Gasteiger partial charge in [0.2, 0.25) is 0 Å². The summed E-state index contributed by atoms with van der Waals surface area (Å²) in [7, 11) is 0. The van der Waals surface area contributed by atoms with Crippen LogP contribution in [0.2, 0.25) is 5.02 Å². The molecule has 0 aliphatic heterocycles. The first-order chi connectivity index (χ1) is 9.42. The highest BCUT2D eigenvalue weighted by Gasteiger charge is 2.37. The first-order valence-electron chi connectivity index (χ1n) is 6.41. The molecule has 6 heteroatoms. The molecule has 1 amide bonds. The average Bonchev–Trinajstić information content (AvgIpc) is 2.79. The molecule has 0 spiro atoms. The van der Waals surface area contributed by atoms with Crippen molar-refractivity contribution in [1.82, 2.24) is 5.32 Å².